The highest BCUT2D eigenvalue weighted by Crippen LogP contribution is 2.49. The van der Waals surface area contributed by atoms with Crippen molar-refractivity contribution in [3.8, 4) is 0 Å². The van der Waals surface area contributed by atoms with Crippen LogP contribution in [0.3, 0.4) is 0 Å². The molecule has 3 heterocycles. The van der Waals surface area contributed by atoms with Crippen LogP contribution in [0.25, 0.3) is 0 Å². The van der Waals surface area contributed by atoms with Gasteiger partial charge in [0.15, 0.2) is 0 Å². The summed E-state index contributed by atoms with van der Waals surface area (Å²) in [5.41, 5.74) is -0.922. The SMILES string of the molecule is CN/C=C(\C=N)CN1CC[C@]2(C1)[C@@](C)(c1cc(NC(=O)c3ccc(F)cn3)ccc1F)NC(=N)N(C)S2(=O)=O. The summed E-state index contributed by atoms with van der Waals surface area (Å²) in [5, 5.41) is 24.4. The maximum absolute atomic E-state index is 15.5. The van der Waals surface area contributed by atoms with Gasteiger partial charge in [0, 0.05) is 57.4 Å². The molecular weight excluding hydrogens is 530 g/mol. The second-order valence-electron chi connectivity index (χ2n) is 9.69. The second-order valence-corrected chi connectivity index (χ2v) is 12.0. The van der Waals surface area contributed by atoms with E-state index in [1.165, 1.54) is 31.5 Å². The lowest BCUT2D eigenvalue weighted by molar-refractivity contribution is 0.102. The first-order chi connectivity index (χ1) is 18.4. The molecule has 1 aromatic heterocycles. The molecule has 1 spiro atoms. The normalized spacial score (nSPS) is 24.9. The van der Waals surface area contributed by atoms with Gasteiger partial charge < -0.3 is 21.4 Å². The molecule has 11 nitrogen and oxygen atoms in total. The standard InChI is InChI=1S/C25H30F2N8O3S/c1-24(19-10-18(5-6-20(19)27)32-22(36)21-7-4-17(26)13-31-21)25(39(37,38)34(3)23(29)33-24)8-9-35(15-25)14-16(11-28)12-30-2/h4-7,10-13,28,30H,8-9,14-15H2,1-3H3,(H2,29,33)(H,32,36)/b16-12+,28-11?/t24-,25+/m1/s1. The Morgan fingerprint density at radius 1 is 1.28 bits per heavy atom. The molecule has 2 saturated heterocycles. The van der Waals surface area contributed by atoms with Crippen LogP contribution in [-0.2, 0) is 15.6 Å². The van der Waals surface area contributed by atoms with Crippen LogP contribution < -0.4 is 16.0 Å². The zero-order valence-electron chi connectivity index (χ0n) is 21.7. The first-order valence-electron chi connectivity index (χ1n) is 12.1. The fourth-order valence-corrected chi connectivity index (χ4v) is 7.44. The van der Waals surface area contributed by atoms with Crippen LogP contribution in [0.1, 0.15) is 29.4 Å². The quantitative estimate of drug-likeness (QED) is 0.324. The molecule has 2 atom stereocenters. The highest BCUT2D eigenvalue weighted by Gasteiger charge is 2.66. The number of benzene rings is 1. The number of hydrogen-bond donors (Lipinski definition) is 5. The van der Waals surface area contributed by atoms with E-state index in [0.29, 0.717) is 18.7 Å². The highest BCUT2D eigenvalue weighted by atomic mass is 32.2. The van der Waals surface area contributed by atoms with E-state index < -0.39 is 43.8 Å². The molecule has 0 aliphatic carbocycles. The molecule has 2 fully saturated rings. The number of hydrogen-bond acceptors (Lipinski definition) is 8. The van der Waals surface area contributed by atoms with E-state index in [4.69, 9.17) is 10.8 Å². The van der Waals surface area contributed by atoms with Gasteiger partial charge >= 0.3 is 0 Å². The largest absolute Gasteiger partial charge is 0.394 e. The maximum atomic E-state index is 15.5. The second kappa shape index (κ2) is 10.3. The van der Waals surface area contributed by atoms with E-state index in [2.05, 4.69) is 20.9 Å². The van der Waals surface area contributed by atoms with Crippen LogP contribution in [0, 0.1) is 22.5 Å². The number of amides is 1. The predicted molar refractivity (Wildman–Crippen MR) is 143 cm³/mol. The van der Waals surface area contributed by atoms with Gasteiger partial charge in [-0.2, -0.15) is 0 Å². The Hall–Kier alpha value is -3.91. The van der Waals surface area contributed by atoms with E-state index in [-0.39, 0.29) is 29.9 Å². The summed E-state index contributed by atoms with van der Waals surface area (Å²) >= 11 is 0. The number of carbonyl (C=O) groups is 1. The van der Waals surface area contributed by atoms with E-state index in [1.54, 1.807) is 20.2 Å². The summed E-state index contributed by atoms with van der Waals surface area (Å²) in [6.45, 7) is 2.19. The lowest BCUT2D eigenvalue weighted by Crippen LogP contribution is -2.74. The number of sulfonamides is 1. The van der Waals surface area contributed by atoms with Gasteiger partial charge in [-0.05, 0) is 49.2 Å². The number of likely N-dealkylation sites (tertiary alicyclic amines) is 1. The molecule has 2 aromatic rings. The number of guanidine groups is 1. The Labute approximate surface area is 225 Å². The summed E-state index contributed by atoms with van der Waals surface area (Å²) in [6, 6.07) is 6.07. The summed E-state index contributed by atoms with van der Waals surface area (Å²) in [5.74, 6) is -2.40. The van der Waals surface area contributed by atoms with Crippen LogP contribution in [0.2, 0.25) is 0 Å². The van der Waals surface area contributed by atoms with Crippen LogP contribution in [-0.4, -0.2) is 79.2 Å². The number of nitrogens with one attached hydrogen (secondary N) is 5. The first-order valence-corrected chi connectivity index (χ1v) is 13.5. The third-order valence-corrected chi connectivity index (χ3v) is 10.0. The highest BCUT2D eigenvalue weighted by molar-refractivity contribution is 7.91. The van der Waals surface area contributed by atoms with Crippen molar-refractivity contribution < 1.29 is 22.0 Å². The van der Waals surface area contributed by atoms with Gasteiger partial charge in [-0.15, -0.1) is 0 Å². The number of aromatic nitrogens is 1. The minimum atomic E-state index is -4.18. The average molecular weight is 561 g/mol. The minimum Gasteiger partial charge on any atom is -0.394 e. The zero-order valence-corrected chi connectivity index (χ0v) is 22.5. The van der Waals surface area contributed by atoms with Crippen LogP contribution in [0.15, 0.2) is 48.3 Å². The molecule has 0 bridgehead atoms. The average Bonchev–Trinajstić information content (AvgIpc) is 3.34. The maximum Gasteiger partial charge on any atom is 0.274 e. The van der Waals surface area contributed by atoms with Crippen molar-refractivity contribution in [2.75, 3.05) is 39.0 Å². The first kappa shape index (κ1) is 28.1. The molecule has 2 aliphatic rings. The molecule has 1 amide bonds. The van der Waals surface area contributed by atoms with Gasteiger partial charge in [-0.1, -0.05) is 0 Å². The molecule has 39 heavy (non-hydrogen) atoms. The Kier molecular flexibility index (Phi) is 7.45. The van der Waals surface area contributed by atoms with E-state index >= 15 is 4.39 Å². The Morgan fingerprint density at radius 2 is 2.03 bits per heavy atom. The van der Waals surface area contributed by atoms with Gasteiger partial charge in [0.05, 0.1) is 11.7 Å². The van der Waals surface area contributed by atoms with E-state index in [1.807, 2.05) is 4.90 Å². The van der Waals surface area contributed by atoms with Crippen LogP contribution in [0.4, 0.5) is 14.5 Å². The van der Waals surface area contributed by atoms with Gasteiger partial charge in [0.2, 0.25) is 16.0 Å². The number of halogens is 2. The van der Waals surface area contributed by atoms with Crippen molar-refractivity contribution in [3.05, 3.63) is 71.2 Å². The van der Waals surface area contributed by atoms with Crippen molar-refractivity contribution in [2.24, 2.45) is 0 Å². The lowest BCUT2D eigenvalue weighted by atomic mass is 9.77. The van der Waals surface area contributed by atoms with E-state index in [9.17, 15) is 17.6 Å². The molecule has 14 heteroatoms. The molecule has 208 valence electrons. The number of pyridine rings is 1. The number of anilines is 1. The summed E-state index contributed by atoms with van der Waals surface area (Å²) in [6.07, 6.45) is 3.85. The monoisotopic (exact) mass is 560 g/mol. The fraction of sp³-hybridized carbons (Fsp3) is 0.360. The smallest absolute Gasteiger partial charge is 0.274 e. The lowest BCUT2D eigenvalue weighted by Gasteiger charge is -2.52. The topological polar surface area (TPSA) is 154 Å². The van der Waals surface area contributed by atoms with E-state index in [0.717, 1.165) is 22.6 Å². The summed E-state index contributed by atoms with van der Waals surface area (Å²) in [7, 11) is -1.20. The summed E-state index contributed by atoms with van der Waals surface area (Å²) < 4.78 is 55.9. The van der Waals surface area contributed by atoms with Crippen LogP contribution >= 0.6 is 0 Å². The van der Waals surface area contributed by atoms with Gasteiger partial charge in [0.25, 0.3) is 5.91 Å². The number of carbonyl (C=O) groups excluding carboxylic acids is 1. The van der Waals surface area contributed by atoms with Crippen LogP contribution in [0.5, 0.6) is 0 Å². The molecule has 5 N–H and O–H groups in total. The summed E-state index contributed by atoms with van der Waals surface area (Å²) in [4.78, 5) is 18.3. The van der Waals surface area contributed by atoms with Crippen molar-refractivity contribution in [1.82, 2.24) is 24.8 Å². The molecule has 4 rings (SSSR count). The van der Waals surface area contributed by atoms with Crippen molar-refractivity contribution in [1.29, 1.82) is 10.8 Å². The molecule has 0 unspecified atom stereocenters. The Morgan fingerprint density at radius 3 is 2.67 bits per heavy atom. The molecule has 2 aliphatic heterocycles. The van der Waals surface area contributed by atoms with Gasteiger partial charge in [-0.25, -0.2) is 26.5 Å². The molecular formula is C25H30F2N8O3S. The molecule has 0 saturated carbocycles. The van der Waals surface area contributed by atoms with Crippen molar-refractivity contribution in [2.45, 2.75) is 23.6 Å². The zero-order chi connectivity index (χ0) is 28.6. The molecule has 1 aromatic carbocycles. The van der Waals surface area contributed by atoms with Gasteiger partial charge in [-0.3, -0.25) is 15.1 Å². The van der Waals surface area contributed by atoms with Crippen molar-refractivity contribution in [3.63, 3.8) is 0 Å². The third kappa shape index (κ3) is 4.74. The Bertz CT molecular complexity index is 1450. The van der Waals surface area contributed by atoms with Crippen molar-refractivity contribution >= 4 is 33.8 Å². The predicted octanol–water partition coefficient (Wildman–Crippen LogP) is 1.82. The molecule has 0 radical (unpaired) electrons. The minimum absolute atomic E-state index is 0.000867. The third-order valence-electron chi connectivity index (χ3n) is 7.40. The number of nitrogens with zero attached hydrogens (tertiary/aromatic N) is 3. The Balaban J connectivity index is 1.76. The van der Waals surface area contributed by atoms with Gasteiger partial charge in [0.1, 0.15) is 22.1 Å². The number of rotatable bonds is 7. The fourth-order valence-electron chi connectivity index (χ4n) is 5.26.